The van der Waals surface area contributed by atoms with Gasteiger partial charge in [-0.15, -0.1) is 0 Å². The SMILES string of the molecule is C=CCOC(=O)CC(=C)C(=O)OCCC=CCC. The van der Waals surface area contributed by atoms with Crippen LogP contribution in [0.3, 0.4) is 0 Å². The number of hydrogen-bond donors (Lipinski definition) is 0. The topological polar surface area (TPSA) is 52.6 Å². The minimum Gasteiger partial charge on any atom is -0.462 e. The summed E-state index contributed by atoms with van der Waals surface area (Å²) in [6, 6.07) is 0. The zero-order chi connectivity index (χ0) is 13.8. The summed E-state index contributed by atoms with van der Waals surface area (Å²) in [5, 5.41) is 0. The Hall–Kier alpha value is -1.84. The van der Waals surface area contributed by atoms with E-state index in [1.807, 2.05) is 19.1 Å². The average molecular weight is 252 g/mol. The van der Waals surface area contributed by atoms with E-state index in [0.717, 1.165) is 6.42 Å². The Morgan fingerprint density at radius 2 is 1.94 bits per heavy atom. The largest absolute Gasteiger partial charge is 0.462 e. The predicted molar refractivity (Wildman–Crippen MR) is 69.9 cm³/mol. The van der Waals surface area contributed by atoms with Crippen LogP contribution in [-0.4, -0.2) is 25.2 Å². The molecule has 0 bridgehead atoms. The summed E-state index contributed by atoms with van der Waals surface area (Å²) < 4.78 is 9.67. The molecule has 0 spiro atoms. The first kappa shape index (κ1) is 16.2. The van der Waals surface area contributed by atoms with Crippen molar-refractivity contribution in [1.82, 2.24) is 0 Å². The minimum absolute atomic E-state index is 0.100. The van der Waals surface area contributed by atoms with Gasteiger partial charge in [-0.25, -0.2) is 4.79 Å². The zero-order valence-electron chi connectivity index (χ0n) is 10.8. The van der Waals surface area contributed by atoms with Gasteiger partial charge < -0.3 is 9.47 Å². The molecule has 0 aromatic carbocycles. The summed E-state index contributed by atoms with van der Waals surface area (Å²) >= 11 is 0. The molecule has 0 aromatic rings. The molecule has 4 heteroatoms. The van der Waals surface area contributed by atoms with Gasteiger partial charge in [0.1, 0.15) is 6.61 Å². The maximum absolute atomic E-state index is 11.4. The predicted octanol–water partition coefficient (Wildman–Crippen LogP) is 2.56. The maximum Gasteiger partial charge on any atom is 0.334 e. The second-order valence-corrected chi connectivity index (χ2v) is 3.56. The summed E-state index contributed by atoms with van der Waals surface area (Å²) in [6.45, 7) is 9.36. The Morgan fingerprint density at radius 3 is 2.56 bits per heavy atom. The summed E-state index contributed by atoms with van der Waals surface area (Å²) in [7, 11) is 0. The lowest BCUT2D eigenvalue weighted by Crippen LogP contribution is -2.13. The molecule has 18 heavy (non-hydrogen) atoms. The second kappa shape index (κ2) is 10.3. The fraction of sp³-hybridized carbons (Fsp3) is 0.429. The van der Waals surface area contributed by atoms with Gasteiger partial charge in [-0.3, -0.25) is 4.79 Å². The van der Waals surface area contributed by atoms with Crippen molar-refractivity contribution in [2.75, 3.05) is 13.2 Å². The number of carbonyl (C=O) groups is 2. The first-order chi connectivity index (χ1) is 8.61. The monoisotopic (exact) mass is 252 g/mol. The van der Waals surface area contributed by atoms with Crippen molar-refractivity contribution >= 4 is 11.9 Å². The molecule has 0 aliphatic carbocycles. The van der Waals surface area contributed by atoms with E-state index in [1.54, 1.807) is 0 Å². The molecule has 4 nitrogen and oxygen atoms in total. The Balaban J connectivity index is 3.82. The Bertz CT molecular complexity index is 329. The number of hydrogen-bond acceptors (Lipinski definition) is 4. The van der Waals surface area contributed by atoms with Crippen molar-refractivity contribution in [2.45, 2.75) is 26.2 Å². The van der Waals surface area contributed by atoms with E-state index in [2.05, 4.69) is 13.2 Å². The number of ether oxygens (including phenoxy) is 2. The molecular formula is C14H20O4. The van der Waals surface area contributed by atoms with Gasteiger partial charge in [0, 0.05) is 5.57 Å². The van der Waals surface area contributed by atoms with E-state index < -0.39 is 11.9 Å². The van der Waals surface area contributed by atoms with Crippen molar-refractivity contribution in [1.29, 1.82) is 0 Å². The molecule has 0 N–H and O–H groups in total. The Kier molecular flexibility index (Phi) is 9.27. The van der Waals surface area contributed by atoms with Crippen molar-refractivity contribution in [3.05, 3.63) is 37.0 Å². The van der Waals surface area contributed by atoms with Crippen LogP contribution < -0.4 is 0 Å². The standard InChI is InChI=1S/C14H20O4/c1-4-6-7-8-10-18-14(16)12(3)11-13(15)17-9-5-2/h5-7H,2-4,8-11H2,1H3. The molecule has 0 radical (unpaired) electrons. The van der Waals surface area contributed by atoms with Crippen LogP contribution in [0.25, 0.3) is 0 Å². The normalized spacial score (nSPS) is 10.1. The highest BCUT2D eigenvalue weighted by Crippen LogP contribution is 2.03. The lowest BCUT2D eigenvalue weighted by Gasteiger charge is -2.05. The van der Waals surface area contributed by atoms with Crippen molar-refractivity contribution < 1.29 is 19.1 Å². The van der Waals surface area contributed by atoms with Crippen LogP contribution in [0.1, 0.15) is 26.2 Å². The molecule has 100 valence electrons. The Morgan fingerprint density at radius 1 is 1.22 bits per heavy atom. The molecule has 0 aromatic heterocycles. The number of esters is 2. The summed E-state index contributed by atoms with van der Waals surface area (Å²) in [5.41, 5.74) is 0.100. The first-order valence-electron chi connectivity index (χ1n) is 5.88. The van der Waals surface area contributed by atoms with Crippen LogP contribution in [0.2, 0.25) is 0 Å². The van der Waals surface area contributed by atoms with Crippen LogP contribution in [0, 0.1) is 0 Å². The van der Waals surface area contributed by atoms with Crippen LogP contribution in [0.5, 0.6) is 0 Å². The smallest absolute Gasteiger partial charge is 0.334 e. The van der Waals surface area contributed by atoms with Gasteiger partial charge in [-0.05, 0) is 12.8 Å². The summed E-state index contributed by atoms with van der Waals surface area (Å²) in [4.78, 5) is 22.6. The highest BCUT2D eigenvalue weighted by atomic mass is 16.5. The molecular weight excluding hydrogens is 232 g/mol. The van der Waals surface area contributed by atoms with Crippen LogP contribution in [0.4, 0.5) is 0 Å². The molecule has 0 atom stereocenters. The number of carbonyl (C=O) groups excluding carboxylic acids is 2. The van der Waals surface area contributed by atoms with Crippen LogP contribution >= 0.6 is 0 Å². The minimum atomic E-state index is -0.560. The van der Waals surface area contributed by atoms with Gasteiger partial charge in [0.25, 0.3) is 0 Å². The van der Waals surface area contributed by atoms with E-state index in [4.69, 9.17) is 9.47 Å². The van der Waals surface area contributed by atoms with Crippen molar-refractivity contribution in [3.8, 4) is 0 Å². The van der Waals surface area contributed by atoms with Gasteiger partial charge in [0.15, 0.2) is 0 Å². The highest BCUT2D eigenvalue weighted by molar-refractivity contribution is 5.93. The lowest BCUT2D eigenvalue weighted by molar-refractivity contribution is -0.145. The molecule has 0 saturated carbocycles. The van der Waals surface area contributed by atoms with Crippen LogP contribution in [-0.2, 0) is 19.1 Å². The molecule has 0 aliphatic rings. The molecule has 0 unspecified atom stereocenters. The average Bonchev–Trinajstić information content (AvgIpc) is 2.35. The van der Waals surface area contributed by atoms with Crippen LogP contribution in [0.15, 0.2) is 37.0 Å². The van der Waals surface area contributed by atoms with Gasteiger partial charge in [-0.1, -0.05) is 38.3 Å². The first-order valence-corrected chi connectivity index (χ1v) is 5.88. The van der Waals surface area contributed by atoms with Gasteiger partial charge in [0.05, 0.1) is 13.0 Å². The molecule has 0 heterocycles. The second-order valence-electron chi connectivity index (χ2n) is 3.56. The Labute approximate surface area is 108 Å². The van der Waals surface area contributed by atoms with Gasteiger partial charge in [0.2, 0.25) is 0 Å². The van der Waals surface area contributed by atoms with Crippen molar-refractivity contribution in [2.24, 2.45) is 0 Å². The molecule has 0 fully saturated rings. The number of rotatable bonds is 9. The fourth-order valence-corrected chi connectivity index (χ4v) is 1.06. The zero-order valence-corrected chi connectivity index (χ0v) is 10.8. The van der Waals surface area contributed by atoms with E-state index in [-0.39, 0.29) is 25.2 Å². The summed E-state index contributed by atoms with van der Waals surface area (Å²) in [6.07, 6.45) is 6.85. The fourth-order valence-electron chi connectivity index (χ4n) is 1.06. The van der Waals surface area contributed by atoms with Gasteiger partial charge >= 0.3 is 11.9 Å². The quantitative estimate of drug-likeness (QED) is 0.274. The molecule has 0 aliphatic heterocycles. The third-order valence-corrected chi connectivity index (χ3v) is 1.93. The van der Waals surface area contributed by atoms with Crippen molar-refractivity contribution in [3.63, 3.8) is 0 Å². The summed E-state index contributed by atoms with van der Waals surface area (Å²) in [5.74, 6) is -1.07. The maximum atomic E-state index is 11.4. The van der Waals surface area contributed by atoms with E-state index in [1.165, 1.54) is 6.08 Å². The molecule has 0 amide bonds. The van der Waals surface area contributed by atoms with Gasteiger partial charge in [-0.2, -0.15) is 0 Å². The molecule has 0 rings (SSSR count). The third-order valence-electron chi connectivity index (χ3n) is 1.93. The van der Waals surface area contributed by atoms with E-state index in [9.17, 15) is 9.59 Å². The van der Waals surface area contributed by atoms with E-state index >= 15 is 0 Å². The number of allylic oxidation sites excluding steroid dienone is 1. The lowest BCUT2D eigenvalue weighted by atomic mass is 10.2. The molecule has 0 saturated heterocycles. The van der Waals surface area contributed by atoms with E-state index in [0.29, 0.717) is 6.42 Å². The third kappa shape index (κ3) is 8.33. The highest BCUT2D eigenvalue weighted by Gasteiger charge is 2.13.